The lowest BCUT2D eigenvalue weighted by Crippen LogP contribution is -2.03. The number of rotatable bonds is 2. The van der Waals surface area contributed by atoms with Gasteiger partial charge in [0.1, 0.15) is 11.3 Å². The van der Waals surface area contributed by atoms with Crippen molar-refractivity contribution in [2.24, 2.45) is 0 Å². The summed E-state index contributed by atoms with van der Waals surface area (Å²) in [5.41, 5.74) is 1.50. The molecule has 0 heterocycles. The number of ether oxygens (including phenoxy) is 2. The standard InChI is InChI=1S/C10H12O3.2C2H6/c1-7-4-5-8(10(11)13-3)9(6-7)12-2;2*1-2/h4-6H,1-3H3;2*1-2H3. The molecule has 0 aliphatic carbocycles. The molecule has 0 spiro atoms. The Balaban J connectivity index is 0. The van der Waals surface area contributed by atoms with Crippen molar-refractivity contribution >= 4 is 5.97 Å². The van der Waals surface area contributed by atoms with Crippen molar-refractivity contribution in [3.05, 3.63) is 29.3 Å². The maximum Gasteiger partial charge on any atom is 0.341 e. The second kappa shape index (κ2) is 11.0. The zero-order valence-corrected chi connectivity index (χ0v) is 12.0. The molecule has 0 saturated heterocycles. The van der Waals surface area contributed by atoms with Crippen LogP contribution in [-0.2, 0) is 4.74 Å². The fourth-order valence-electron chi connectivity index (χ4n) is 1.08. The largest absolute Gasteiger partial charge is 0.496 e. The number of hydrogen-bond acceptors (Lipinski definition) is 3. The third kappa shape index (κ3) is 5.95. The smallest absolute Gasteiger partial charge is 0.341 e. The zero-order chi connectivity index (χ0) is 13.8. The van der Waals surface area contributed by atoms with Crippen molar-refractivity contribution in [1.82, 2.24) is 0 Å². The minimum Gasteiger partial charge on any atom is -0.496 e. The normalized spacial score (nSPS) is 7.94. The first-order valence-electron chi connectivity index (χ1n) is 5.92. The van der Waals surface area contributed by atoms with Crippen molar-refractivity contribution in [3.63, 3.8) is 0 Å². The van der Waals surface area contributed by atoms with Gasteiger partial charge in [0.05, 0.1) is 14.2 Å². The van der Waals surface area contributed by atoms with Gasteiger partial charge in [-0.3, -0.25) is 0 Å². The lowest BCUT2D eigenvalue weighted by molar-refractivity contribution is 0.0597. The molecule has 98 valence electrons. The van der Waals surface area contributed by atoms with Crippen LogP contribution in [0.2, 0.25) is 0 Å². The quantitative estimate of drug-likeness (QED) is 0.737. The van der Waals surface area contributed by atoms with Crippen LogP contribution in [0.3, 0.4) is 0 Å². The van der Waals surface area contributed by atoms with E-state index in [0.717, 1.165) is 5.56 Å². The van der Waals surface area contributed by atoms with Gasteiger partial charge < -0.3 is 9.47 Å². The van der Waals surface area contributed by atoms with Crippen LogP contribution in [0.1, 0.15) is 43.6 Å². The van der Waals surface area contributed by atoms with Gasteiger partial charge in [0.25, 0.3) is 0 Å². The van der Waals surface area contributed by atoms with Gasteiger partial charge in [-0.2, -0.15) is 0 Å². The number of carbonyl (C=O) groups is 1. The summed E-state index contributed by atoms with van der Waals surface area (Å²) in [5, 5.41) is 0. The van der Waals surface area contributed by atoms with Crippen LogP contribution in [0.5, 0.6) is 5.75 Å². The molecule has 0 fully saturated rings. The van der Waals surface area contributed by atoms with E-state index in [-0.39, 0.29) is 5.97 Å². The Kier molecular flexibility index (Phi) is 11.6. The van der Waals surface area contributed by atoms with E-state index >= 15 is 0 Å². The van der Waals surface area contributed by atoms with Gasteiger partial charge in [0, 0.05) is 0 Å². The van der Waals surface area contributed by atoms with E-state index in [4.69, 9.17) is 4.74 Å². The number of aryl methyl sites for hydroxylation is 1. The topological polar surface area (TPSA) is 35.5 Å². The predicted octanol–water partition coefficient (Wildman–Crippen LogP) is 3.84. The summed E-state index contributed by atoms with van der Waals surface area (Å²) < 4.78 is 9.65. The van der Waals surface area contributed by atoms with Crippen molar-refractivity contribution in [2.45, 2.75) is 34.6 Å². The second-order valence-corrected chi connectivity index (χ2v) is 2.70. The lowest BCUT2D eigenvalue weighted by atomic mass is 10.1. The Bertz CT molecular complexity index is 319. The Morgan fingerprint density at radius 3 is 2.00 bits per heavy atom. The number of methoxy groups -OCH3 is 2. The molecule has 17 heavy (non-hydrogen) atoms. The summed E-state index contributed by atoms with van der Waals surface area (Å²) in [7, 11) is 2.88. The molecule has 0 atom stereocenters. The monoisotopic (exact) mass is 240 g/mol. The van der Waals surface area contributed by atoms with Crippen LogP contribution in [0.4, 0.5) is 0 Å². The molecule has 0 radical (unpaired) electrons. The van der Waals surface area contributed by atoms with Crippen molar-refractivity contribution in [1.29, 1.82) is 0 Å². The SMILES string of the molecule is CC.CC.COC(=O)c1ccc(C)cc1OC. The van der Waals surface area contributed by atoms with Gasteiger partial charge in [-0.1, -0.05) is 33.8 Å². The van der Waals surface area contributed by atoms with Crippen molar-refractivity contribution < 1.29 is 14.3 Å². The van der Waals surface area contributed by atoms with Crippen LogP contribution in [-0.4, -0.2) is 20.2 Å². The molecule has 0 bridgehead atoms. The Labute approximate surface area is 105 Å². The molecule has 0 saturated carbocycles. The summed E-state index contributed by atoms with van der Waals surface area (Å²) in [6.07, 6.45) is 0. The second-order valence-electron chi connectivity index (χ2n) is 2.70. The van der Waals surface area contributed by atoms with Crippen LogP contribution in [0.15, 0.2) is 18.2 Å². The first-order valence-corrected chi connectivity index (χ1v) is 5.92. The zero-order valence-electron chi connectivity index (χ0n) is 12.0. The number of benzene rings is 1. The van der Waals surface area contributed by atoms with Gasteiger partial charge in [-0.15, -0.1) is 0 Å². The molecule has 0 unspecified atom stereocenters. The molecule has 1 aromatic rings. The highest BCUT2D eigenvalue weighted by molar-refractivity contribution is 5.92. The van der Waals surface area contributed by atoms with E-state index in [0.29, 0.717) is 11.3 Å². The number of hydrogen-bond donors (Lipinski definition) is 0. The third-order valence-corrected chi connectivity index (χ3v) is 1.76. The average Bonchev–Trinajstić information content (AvgIpc) is 2.42. The Morgan fingerprint density at radius 1 is 1.06 bits per heavy atom. The molecule has 0 aliphatic rings. The van der Waals surface area contributed by atoms with E-state index in [9.17, 15) is 4.79 Å². The molecule has 0 N–H and O–H groups in total. The highest BCUT2D eigenvalue weighted by atomic mass is 16.5. The highest BCUT2D eigenvalue weighted by Crippen LogP contribution is 2.20. The molecule has 3 nitrogen and oxygen atoms in total. The minimum absolute atomic E-state index is 0.378. The molecule has 1 rings (SSSR count). The van der Waals surface area contributed by atoms with Crippen LogP contribution >= 0.6 is 0 Å². The van der Waals surface area contributed by atoms with Gasteiger partial charge >= 0.3 is 5.97 Å². The third-order valence-electron chi connectivity index (χ3n) is 1.76. The first kappa shape index (κ1) is 17.9. The fourth-order valence-corrected chi connectivity index (χ4v) is 1.08. The predicted molar refractivity (Wildman–Crippen MR) is 71.8 cm³/mol. The number of carbonyl (C=O) groups excluding carboxylic acids is 1. The van der Waals surface area contributed by atoms with Gasteiger partial charge in [-0.05, 0) is 24.6 Å². The molecule has 0 aliphatic heterocycles. The van der Waals surface area contributed by atoms with E-state index in [1.807, 2.05) is 40.7 Å². The molecular formula is C14H24O3. The molecule has 1 aromatic carbocycles. The number of esters is 1. The fraction of sp³-hybridized carbons (Fsp3) is 0.500. The van der Waals surface area contributed by atoms with E-state index in [2.05, 4.69) is 4.74 Å². The summed E-state index contributed by atoms with van der Waals surface area (Å²) in [6, 6.07) is 5.33. The summed E-state index contributed by atoms with van der Waals surface area (Å²) in [4.78, 5) is 11.2. The van der Waals surface area contributed by atoms with E-state index in [1.54, 1.807) is 12.1 Å². The van der Waals surface area contributed by atoms with Crippen LogP contribution in [0, 0.1) is 6.92 Å². The van der Waals surface area contributed by atoms with E-state index < -0.39 is 0 Å². The molecule has 0 amide bonds. The lowest BCUT2D eigenvalue weighted by Gasteiger charge is -2.06. The molecule has 0 aromatic heterocycles. The van der Waals surface area contributed by atoms with Crippen LogP contribution in [0.25, 0.3) is 0 Å². The van der Waals surface area contributed by atoms with E-state index in [1.165, 1.54) is 14.2 Å². The van der Waals surface area contributed by atoms with Crippen molar-refractivity contribution in [2.75, 3.05) is 14.2 Å². The molecule has 3 heteroatoms. The maximum absolute atomic E-state index is 11.2. The summed E-state index contributed by atoms with van der Waals surface area (Å²) >= 11 is 0. The highest BCUT2D eigenvalue weighted by Gasteiger charge is 2.11. The van der Waals surface area contributed by atoms with Gasteiger partial charge in [0.15, 0.2) is 0 Å². The first-order chi connectivity index (χ1) is 8.19. The molecular weight excluding hydrogens is 216 g/mol. The average molecular weight is 240 g/mol. The maximum atomic E-state index is 11.2. The van der Waals surface area contributed by atoms with Crippen molar-refractivity contribution in [3.8, 4) is 5.75 Å². The summed E-state index contributed by atoms with van der Waals surface area (Å²) in [6.45, 7) is 9.93. The van der Waals surface area contributed by atoms with Crippen LogP contribution < -0.4 is 4.74 Å². The Morgan fingerprint density at radius 2 is 1.59 bits per heavy atom. The van der Waals surface area contributed by atoms with Gasteiger partial charge in [0.2, 0.25) is 0 Å². The van der Waals surface area contributed by atoms with Gasteiger partial charge in [-0.25, -0.2) is 4.79 Å². The minimum atomic E-state index is -0.378. The Hall–Kier alpha value is -1.51. The summed E-state index contributed by atoms with van der Waals surface area (Å²) in [5.74, 6) is 0.170.